The van der Waals surface area contributed by atoms with Gasteiger partial charge in [0.25, 0.3) is 0 Å². The summed E-state index contributed by atoms with van der Waals surface area (Å²) in [6.45, 7) is 4.35. The molecule has 1 heterocycles. The zero-order valence-electron chi connectivity index (χ0n) is 15.5. The number of ether oxygens (including phenoxy) is 6. The molecule has 0 aliphatic carbocycles. The Bertz CT molecular complexity index is 551. The monoisotopic (exact) mass is 410 g/mol. The lowest BCUT2D eigenvalue weighted by molar-refractivity contribution is -0.307. The number of hydrogen-bond donors (Lipinski definition) is 0. The van der Waals surface area contributed by atoms with Crippen LogP contribution in [0.4, 0.5) is 0 Å². The summed E-state index contributed by atoms with van der Waals surface area (Å²) in [5.41, 5.74) is 0. The van der Waals surface area contributed by atoms with Gasteiger partial charge in [-0.25, -0.2) is 0 Å². The van der Waals surface area contributed by atoms with Crippen LogP contribution < -0.4 is 0 Å². The van der Waals surface area contributed by atoms with E-state index >= 15 is 0 Å². The third-order valence-electron chi connectivity index (χ3n) is 3.31. The second-order valence-electron chi connectivity index (χ2n) is 5.63. The summed E-state index contributed by atoms with van der Waals surface area (Å²) in [5.74, 6) is -2.58. The Morgan fingerprint density at radius 2 is 1.33 bits per heavy atom. The third kappa shape index (κ3) is 7.69. The second kappa shape index (κ2) is 11.1. The smallest absolute Gasteiger partial charge is 0.303 e. The minimum absolute atomic E-state index is 0.0370. The molecule has 0 amide bonds. The molecule has 1 aliphatic heterocycles. The van der Waals surface area contributed by atoms with Crippen molar-refractivity contribution in [2.75, 3.05) is 19.1 Å². The number of esters is 4. The molecule has 1 rings (SSSR count). The minimum Gasteiger partial charge on any atom is -0.463 e. The SMILES string of the molecule is CC(=O)OC[C@H]1O[C@H](OCCCl)[C@@H](OC(C)=O)[C@@H](OC(C)=O)[C@@H]1OC(C)=O. The van der Waals surface area contributed by atoms with Crippen LogP contribution in [0, 0.1) is 0 Å². The van der Waals surface area contributed by atoms with Gasteiger partial charge >= 0.3 is 23.9 Å². The van der Waals surface area contributed by atoms with E-state index in [0.29, 0.717) is 0 Å². The average molecular weight is 411 g/mol. The topological polar surface area (TPSA) is 124 Å². The van der Waals surface area contributed by atoms with Crippen molar-refractivity contribution in [3.05, 3.63) is 0 Å². The maximum Gasteiger partial charge on any atom is 0.303 e. The molecule has 0 aromatic rings. The van der Waals surface area contributed by atoms with Gasteiger partial charge in [0.1, 0.15) is 12.7 Å². The first-order valence-electron chi connectivity index (χ1n) is 8.13. The quantitative estimate of drug-likeness (QED) is 0.314. The molecule has 0 spiro atoms. The van der Waals surface area contributed by atoms with Gasteiger partial charge in [0.05, 0.1) is 6.61 Å². The van der Waals surface area contributed by atoms with Crippen LogP contribution in [0.25, 0.3) is 0 Å². The first kappa shape index (κ1) is 23.1. The number of rotatable bonds is 8. The van der Waals surface area contributed by atoms with Gasteiger partial charge in [0.15, 0.2) is 24.6 Å². The molecule has 11 heteroatoms. The Morgan fingerprint density at radius 3 is 1.81 bits per heavy atom. The van der Waals surface area contributed by atoms with Crippen LogP contribution in [0.15, 0.2) is 0 Å². The summed E-state index contributed by atoms with van der Waals surface area (Å²) >= 11 is 5.62. The molecule has 0 radical (unpaired) electrons. The predicted octanol–water partition coefficient (Wildman–Crippen LogP) is 0.325. The summed E-state index contributed by atoms with van der Waals surface area (Å²) in [7, 11) is 0. The van der Waals surface area contributed by atoms with Crippen molar-refractivity contribution in [2.24, 2.45) is 0 Å². The van der Waals surface area contributed by atoms with E-state index in [2.05, 4.69) is 0 Å². The van der Waals surface area contributed by atoms with Crippen molar-refractivity contribution in [3.8, 4) is 0 Å². The molecule has 1 aliphatic rings. The van der Waals surface area contributed by atoms with Crippen LogP contribution in [-0.4, -0.2) is 73.7 Å². The van der Waals surface area contributed by atoms with Crippen LogP contribution in [-0.2, 0) is 47.6 Å². The second-order valence-corrected chi connectivity index (χ2v) is 6.01. The molecule has 27 heavy (non-hydrogen) atoms. The molecule has 1 fully saturated rings. The van der Waals surface area contributed by atoms with Crippen molar-refractivity contribution in [3.63, 3.8) is 0 Å². The highest BCUT2D eigenvalue weighted by Crippen LogP contribution is 2.29. The number of carbonyl (C=O) groups is 4. The maximum atomic E-state index is 11.6. The average Bonchev–Trinajstić information content (AvgIpc) is 2.54. The van der Waals surface area contributed by atoms with Gasteiger partial charge in [-0.1, -0.05) is 0 Å². The van der Waals surface area contributed by atoms with Crippen molar-refractivity contribution in [1.82, 2.24) is 0 Å². The molecule has 5 atom stereocenters. The zero-order valence-corrected chi connectivity index (χ0v) is 16.2. The van der Waals surface area contributed by atoms with Crippen LogP contribution in [0.1, 0.15) is 27.7 Å². The van der Waals surface area contributed by atoms with E-state index in [1.54, 1.807) is 0 Å². The molecule has 0 saturated carbocycles. The van der Waals surface area contributed by atoms with Crippen molar-refractivity contribution < 1.29 is 47.6 Å². The normalized spacial score (nSPS) is 27.4. The Balaban J connectivity index is 3.22. The van der Waals surface area contributed by atoms with E-state index in [1.165, 1.54) is 6.92 Å². The molecule has 10 nitrogen and oxygen atoms in total. The first-order valence-corrected chi connectivity index (χ1v) is 8.67. The van der Waals surface area contributed by atoms with E-state index in [0.717, 1.165) is 20.8 Å². The highest BCUT2D eigenvalue weighted by atomic mass is 35.5. The zero-order chi connectivity index (χ0) is 20.6. The van der Waals surface area contributed by atoms with Crippen molar-refractivity contribution in [1.29, 1.82) is 0 Å². The summed E-state index contributed by atoms with van der Waals surface area (Å²) in [6.07, 6.45) is -5.90. The third-order valence-corrected chi connectivity index (χ3v) is 3.46. The van der Waals surface area contributed by atoms with E-state index in [9.17, 15) is 19.2 Å². The number of hydrogen-bond acceptors (Lipinski definition) is 10. The number of carbonyl (C=O) groups excluding carboxylic acids is 4. The molecule has 1 saturated heterocycles. The molecule has 0 N–H and O–H groups in total. The van der Waals surface area contributed by atoms with Gasteiger partial charge in [-0.15, -0.1) is 11.6 Å². The Hall–Kier alpha value is -1.91. The van der Waals surface area contributed by atoms with Crippen LogP contribution in [0.2, 0.25) is 0 Å². The molecule has 154 valence electrons. The summed E-state index contributed by atoms with van der Waals surface area (Å²) < 4.78 is 31.7. The first-order chi connectivity index (χ1) is 12.6. The Morgan fingerprint density at radius 1 is 0.815 bits per heavy atom. The lowest BCUT2D eigenvalue weighted by Gasteiger charge is -2.44. The van der Waals surface area contributed by atoms with E-state index in [1.807, 2.05) is 0 Å². The molecule has 0 aromatic carbocycles. The predicted molar refractivity (Wildman–Crippen MR) is 88.6 cm³/mol. The molecule has 0 unspecified atom stereocenters. The van der Waals surface area contributed by atoms with Gasteiger partial charge in [0.2, 0.25) is 0 Å². The fourth-order valence-corrected chi connectivity index (χ4v) is 2.57. The summed E-state index contributed by atoms with van der Waals surface area (Å²) in [4.78, 5) is 45.8. The molecule has 0 aromatic heterocycles. The van der Waals surface area contributed by atoms with Gasteiger partial charge in [0, 0.05) is 33.6 Å². The van der Waals surface area contributed by atoms with E-state index in [-0.39, 0.29) is 19.1 Å². The van der Waals surface area contributed by atoms with Crippen molar-refractivity contribution in [2.45, 2.75) is 58.4 Å². The summed E-state index contributed by atoms with van der Waals surface area (Å²) in [5, 5.41) is 0. The fourth-order valence-electron chi connectivity index (χ4n) is 2.48. The maximum absolute atomic E-state index is 11.6. The highest BCUT2D eigenvalue weighted by molar-refractivity contribution is 6.17. The number of alkyl halides is 1. The minimum atomic E-state index is -1.25. The molecule has 0 bridgehead atoms. The van der Waals surface area contributed by atoms with Crippen molar-refractivity contribution >= 4 is 35.5 Å². The van der Waals surface area contributed by atoms with Crippen LogP contribution in [0.5, 0.6) is 0 Å². The fraction of sp³-hybridized carbons (Fsp3) is 0.750. The van der Waals surface area contributed by atoms with Gasteiger partial charge < -0.3 is 28.4 Å². The standard InChI is InChI=1S/C16H23ClO10/c1-8(18)23-7-12-13(24-9(2)19)14(25-10(3)20)15(26-11(4)21)16(27-12)22-6-5-17/h12-16H,5-7H2,1-4H3/t12-,13-,14+,15+,16+/m1/s1. The van der Waals surface area contributed by atoms with Crippen LogP contribution in [0.3, 0.4) is 0 Å². The van der Waals surface area contributed by atoms with Gasteiger partial charge in [-0.05, 0) is 0 Å². The van der Waals surface area contributed by atoms with Gasteiger partial charge in [-0.3, -0.25) is 19.2 Å². The lowest BCUT2D eigenvalue weighted by atomic mass is 9.98. The number of halogens is 1. The van der Waals surface area contributed by atoms with Gasteiger partial charge in [-0.2, -0.15) is 0 Å². The van der Waals surface area contributed by atoms with E-state index < -0.39 is 54.6 Å². The Kier molecular flexibility index (Phi) is 9.47. The largest absolute Gasteiger partial charge is 0.463 e. The Labute approximate surface area is 161 Å². The summed E-state index contributed by atoms with van der Waals surface area (Å²) in [6, 6.07) is 0. The lowest BCUT2D eigenvalue weighted by Crippen LogP contribution is -2.63. The molecular formula is C16H23ClO10. The van der Waals surface area contributed by atoms with Crippen LogP contribution >= 0.6 is 11.6 Å². The molecular weight excluding hydrogens is 388 g/mol. The van der Waals surface area contributed by atoms with E-state index in [4.69, 9.17) is 40.0 Å². The highest BCUT2D eigenvalue weighted by Gasteiger charge is 2.52.